The Kier molecular flexibility index (Phi) is 3.42. The first-order valence-corrected chi connectivity index (χ1v) is 7.26. The summed E-state index contributed by atoms with van der Waals surface area (Å²) in [6, 6.07) is 2.53. The van der Waals surface area contributed by atoms with E-state index in [-0.39, 0.29) is 44.9 Å². The van der Waals surface area contributed by atoms with Crippen LogP contribution in [0.25, 0.3) is 0 Å². The number of halogens is 2. The number of aromatic carboxylic acids is 1. The zero-order valence-electron chi connectivity index (χ0n) is 10.8. The van der Waals surface area contributed by atoms with Crippen molar-refractivity contribution in [1.82, 2.24) is 0 Å². The summed E-state index contributed by atoms with van der Waals surface area (Å²) in [7, 11) is 0. The highest BCUT2D eigenvalue weighted by Gasteiger charge is 2.47. The Labute approximate surface area is 130 Å². The number of fused-ring (bicyclic) bond motifs is 2. The zero-order chi connectivity index (χ0) is 15.3. The van der Waals surface area contributed by atoms with Gasteiger partial charge in [0, 0.05) is 16.9 Å². The number of hydrogen-bond acceptors (Lipinski definition) is 3. The van der Waals surface area contributed by atoms with E-state index in [1.807, 2.05) is 0 Å². The van der Waals surface area contributed by atoms with Gasteiger partial charge in [-0.3, -0.25) is 9.59 Å². The summed E-state index contributed by atoms with van der Waals surface area (Å²) < 4.78 is 0. The maximum Gasteiger partial charge on any atom is 0.337 e. The number of piperidine rings is 1. The van der Waals surface area contributed by atoms with Crippen LogP contribution in [0.1, 0.15) is 29.6 Å². The quantitative estimate of drug-likeness (QED) is 0.847. The second-order valence-electron chi connectivity index (χ2n) is 5.31. The number of carboxylic acids is 1. The third-order valence-electron chi connectivity index (χ3n) is 4.05. The molecule has 2 aliphatic rings. The van der Waals surface area contributed by atoms with Gasteiger partial charge in [0.05, 0.1) is 16.3 Å². The number of anilines is 1. The van der Waals surface area contributed by atoms with Gasteiger partial charge in [0.25, 0.3) is 0 Å². The maximum absolute atomic E-state index is 12.4. The lowest BCUT2D eigenvalue weighted by atomic mass is 9.95. The van der Waals surface area contributed by atoms with E-state index in [0.717, 1.165) is 4.90 Å². The van der Waals surface area contributed by atoms with Gasteiger partial charge in [-0.2, -0.15) is 0 Å². The Hall–Kier alpha value is -1.59. The van der Waals surface area contributed by atoms with Gasteiger partial charge in [-0.25, -0.2) is 9.69 Å². The van der Waals surface area contributed by atoms with Gasteiger partial charge in [0.2, 0.25) is 11.8 Å². The molecule has 1 N–H and O–H groups in total. The van der Waals surface area contributed by atoms with E-state index in [0.29, 0.717) is 19.3 Å². The van der Waals surface area contributed by atoms with Crippen molar-refractivity contribution >= 4 is 46.7 Å². The Bertz CT molecular complexity index is 651. The lowest BCUT2D eigenvalue weighted by Gasteiger charge is -2.31. The molecule has 2 atom stereocenters. The van der Waals surface area contributed by atoms with Gasteiger partial charge in [-0.1, -0.05) is 23.2 Å². The molecule has 1 aromatic carbocycles. The molecular formula is C14H11Cl2NO4. The molecule has 0 spiro atoms. The molecule has 21 heavy (non-hydrogen) atoms. The summed E-state index contributed by atoms with van der Waals surface area (Å²) in [6.45, 7) is 0. The fourth-order valence-electron chi connectivity index (χ4n) is 3.08. The first-order chi connectivity index (χ1) is 9.90. The topological polar surface area (TPSA) is 74.7 Å². The summed E-state index contributed by atoms with van der Waals surface area (Å²) >= 11 is 11.9. The second-order valence-corrected chi connectivity index (χ2v) is 6.15. The molecule has 1 aromatic rings. The van der Waals surface area contributed by atoms with Crippen LogP contribution in [0.15, 0.2) is 12.1 Å². The fraction of sp³-hybridized carbons (Fsp3) is 0.357. The average Bonchev–Trinajstić information content (AvgIpc) is 2.85. The molecule has 1 saturated carbocycles. The predicted octanol–water partition coefficient (Wildman–Crippen LogP) is 2.98. The smallest absolute Gasteiger partial charge is 0.337 e. The number of amides is 2. The predicted molar refractivity (Wildman–Crippen MR) is 76.7 cm³/mol. The molecule has 0 radical (unpaired) electrons. The summed E-state index contributed by atoms with van der Waals surface area (Å²) in [4.78, 5) is 37.2. The molecule has 1 heterocycles. The molecule has 2 fully saturated rings. The molecule has 2 bridgehead atoms. The van der Waals surface area contributed by atoms with Gasteiger partial charge < -0.3 is 5.11 Å². The van der Waals surface area contributed by atoms with Crippen molar-refractivity contribution in [1.29, 1.82) is 0 Å². The standard InChI is InChI=1S/C14H11Cl2NO4/c15-8-4-9(14(20)21)11(10(16)5-8)17-12(18)6-1-2-7(3-6)13(17)19/h4-7H,1-3H2,(H,20,21). The molecular weight excluding hydrogens is 317 g/mol. The highest BCUT2D eigenvalue weighted by molar-refractivity contribution is 6.39. The molecule has 110 valence electrons. The lowest BCUT2D eigenvalue weighted by Crippen LogP contribution is -2.47. The van der Waals surface area contributed by atoms with Crippen LogP contribution in [0.5, 0.6) is 0 Å². The maximum atomic E-state index is 12.4. The highest BCUT2D eigenvalue weighted by atomic mass is 35.5. The third kappa shape index (κ3) is 2.21. The Balaban J connectivity index is 2.18. The van der Waals surface area contributed by atoms with Crippen LogP contribution in [0.2, 0.25) is 10.0 Å². The van der Waals surface area contributed by atoms with E-state index < -0.39 is 5.97 Å². The summed E-state index contributed by atoms with van der Waals surface area (Å²) in [6.07, 6.45) is 1.85. The van der Waals surface area contributed by atoms with Gasteiger partial charge in [0.1, 0.15) is 0 Å². The first kappa shape index (κ1) is 14.4. The van der Waals surface area contributed by atoms with Crippen LogP contribution in [0, 0.1) is 11.8 Å². The molecule has 1 aliphatic carbocycles. The minimum Gasteiger partial charge on any atom is -0.478 e. The van der Waals surface area contributed by atoms with Crippen LogP contribution in [0.3, 0.4) is 0 Å². The summed E-state index contributed by atoms with van der Waals surface area (Å²) in [5.74, 6) is -2.50. The van der Waals surface area contributed by atoms with Crippen molar-refractivity contribution in [2.24, 2.45) is 11.8 Å². The van der Waals surface area contributed by atoms with Gasteiger partial charge in [0.15, 0.2) is 0 Å². The Morgan fingerprint density at radius 2 is 1.71 bits per heavy atom. The SMILES string of the molecule is O=C(O)c1cc(Cl)cc(Cl)c1N1C(=O)C2CCC(C2)C1=O. The van der Waals surface area contributed by atoms with Crippen molar-refractivity contribution in [3.8, 4) is 0 Å². The number of carboxylic acid groups (broad SMARTS) is 1. The Morgan fingerprint density at radius 1 is 1.14 bits per heavy atom. The summed E-state index contributed by atoms with van der Waals surface area (Å²) in [5.41, 5.74) is -0.310. The summed E-state index contributed by atoms with van der Waals surface area (Å²) in [5, 5.41) is 9.43. The van der Waals surface area contributed by atoms with E-state index >= 15 is 0 Å². The average molecular weight is 328 g/mol. The monoisotopic (exact) mass is 327 g/mol. The number of hydrogen-bond donors (Lipinski definition) is 1. The van der Waals surface area contributed by atoms with Crippen LogP contribution < -0.4 is 4.90 Å². The molecule has 3 rings (SSSR count). The number of benzene rings is 1. The van der Waals surface area contributed by atoms with Crippen molar-refractivity contribution in [3.05, 3.63) is 27.7 Å². The van der Waals surface area contributed by atoms with Crippen molar-refractivity contribution < 1.29 is 19.5 Å². The van der Waals surface area contributed by atoms with Gasteiger partial charge in [-0.15, -0.1) is 0 Å². The highest BCUT2D eigenvalue weighted by Crippen LogP contribution is 2.43. The van der Waals surface area contributed by atoms with Crippen molar-refractivity contribution in [3.63, 3.8) is 0 Å². The van der Waals surface area contributed by atoms with Crippen molar-refractivity contribution in [2.45, 2.75) is 19.3 Å². The van der Waals surface area contributed by atoms with Gasteiger partial charge >= 0.3 is 5.97 Å². The lowest BCUT2D eigenvalue weighted by molar-refractivity contribution is -0.133. The second kappa shape index (κ2) is 5.00. The Morgan fingerprint density at radius 3 is 2.24 bits per heavy atom. The molecule has 2 amide bonds. The van der Waals surface area contributed by atoms with E-state index in [9.17, 15) is 19.5 Å². The molecule has 1 saturated heterocycles. The number of rotatable bonds is 2. The number of imide groups is 1. The van der Waals surface area contributed by atoms with Crippen molar-refractivity contribution in [2.75, 3.05) is 4.90 Å². The normalized spacial score (nSPS) is 24.6. The third-order valence-corrected chi connectivity index (χ3v) is 4.56. The molecule has 5 nitrogen and oxygen atoms in total. The largest absolute Gasteiger partial charge is 0.478 e. The molecule has 7 heteroatoms. The van der Waals surface area contributed by atoms with Gasteiger partial charge in [-0.05, 0) is 31.4 Å². The molecule has 0 aromatic heterocycles. The zero-order valence-corrected chi connectivity index (χ0v) is 12.3. The number of nitrogens with zero attached hydrogens (tertiary/aromatic N) is 1. The van der Waals surface area contributed by atoms with E-state index in [1.165, 1.54) is 12.1 Å². The van der Waals surface area contributed by atoms with Crippen LogP contribution in [-0.2, 0) is 9.59 Å². The minimum absolute atomic E-state index is 0.0112. The fourth-order valence-corrected chi connectivity index (χ4v) is 3.66. The van der Waals surface area contributed by atoms with E-state index in [2.05, 4.69) is 0 Å². The first-order valence-electron chi connectivity index (χ1n) is 6.50. The van der Waals surface area contributed by atoms with Crippen LogP contribution in [-0.4, -0.2) is 22.9 Å². The minimum atomic E-state index is -1.28. The van der Waals surface area contributed by atoms with Crippen LogP contribution in [0.4, 0.5) is 5.69 Å². The molecule has 1 aliphatic heterocycles. The molecule has 2 unspecified atom stereocenters. The van der Waals surface area contributed by atoms with E-state index in [1.54, 1.807) is 0 Å². The van der Waals surface area contributed by atoms with Crippen LogP contribution >= 0.6 is 23.2 Å². The van der Waals surface area contributed by atoms with E-state index in [4.69, 9.17) is 23.2 Å². The number of carbonyl (C=O) groups excluding carboxylic acids is 2. The number of carbonyl (C=O) groups is 3.